The summed E-state index contributed by atoms with van der Waals surface area (Å²) in [5, 5.41) is 2.32. The van der Waals surface area contributed by atoms with Gasteiger partial charge in [-0.15, -0.1) is 0 Å². The molecule has 17 heavy (non-hydrogen) atoms. The van der Waals surface area contributed by atoms with Crippen molar-refractivity contribution in [2.24, 2.45) is 5.50 Å². The quantitative estimate of drug-likeness (QED) is 0.419. The normalized spacial score (nSPS) is 14.8. The van der Waals surface area contributed by atoms with Crippen LogP contribution in [0.5, 0.6) is 0 Å². The van der Waals surface area contributed by atoms with Gasteiger partial charge in [0, 0.05) is 6.54 Å². The average molecular weight is 263 g/mol. The Bertz CT molecular complexity index is 207. The Hall–Kier alpha value is 0.110. The highest BCUT2D eigenvalue weighted by Crippen LogP contribution is 2.16. The van der Waals surface area contributed by atoms with Crippen molar-refractivity contribution >= 4 is 7.67 Å². The Morgan fingerprint density at radius 1 is 0.941 bits per heavy atom. The molecule has 0 amide bonds. The second-order valence-corrected chi connectivity index (χ2v) is 6.20. The summed E-state index contributed by atoms with van der Waals surface area (Å²) < 4.78 is 10.6. The van der Waals surface area contributed by atoms with Crippen molar-refractivity contribution in [2.45, 2.75) is 71.1 Å². The van der Waals surface area contributed by atoms with Gasteiger partial charge in [-0.05, 0) is 6.42 Å². The molecule has 0 heterocycles. The number of nitrogens with one attached hydrogen (secondary N) is 1. The first-order chi connectivity index (χ1) is 8.06. The standard InChI is InChI=1S/C12H29N2O2P/c1-2-3-4-5-6-7-8-9-10-11-12-14-17(13,15)16/h2-12H2,1H3,(H4,13,14,15,16)/p-1. The molecular weight excluding hydrogens is 235 g/mol. The molecule has 3 N–H and O–H groups in total. The van der Waals surface area contributed by atoms with Crippen molar-refractivity contribution in [3.8, 4) is 0 Å². The first-order valence-corrected chi connectivity index (χ1v) is 8.60. The smallest absolute Gasteiger partial charge is 0.140 e. The molecule has 104 valence electrons. The molecule has 0 bridgehead atoms. The summed E-state index contributed by atoms with van der Waals surface area (Å²) in [6.45, 7) is 2.71. The van der Waals surface area contributed by atoms with E-state index in [-0.39, 0.29) is 0 Å². The Labute approximate surface area is 106 Å². The average Bonchev–Trinajstić information content (AvgIpc) is 2.24. The number of nitrogens with two attached hydrogens (primary N) is 1. The molecule has 0 aliphatic carbocycles. The molecule has 0 saturated carbocycles. The van der Waals surface area contributed by atoms with Crippen molar-refractivity contribution in [3.63, 3.8) is 0 Å². The van der Waals surface area contributed by atoms with Crippen LogP contribution in [0.15, 0.2) is 0 Å². The summed E-state index contributed by atoms with van der Waals surface area (Å²) >= 11 is 0. The van der Waals surface area contributed by atoms with E-state index in [0.717, 1.165) is 12.8 Å². The second-order valence-electron chi connectivity index (χ2n) is 4.69. The molecule has 0 saturated heterocycles. The molecule has 0 aromatic heterocycles. The third-order valence-corrected chi connectivity index (χ3v) is 3.53. The van der Waals surface area contributed by atoms with Crippen LogP contribution in [-0.4, -0.2) is 6.54 Å². The Balaban J connectivity index is 3.01. The van der Waals surface area contributed by atoms with Crippen LogP contribution in [0.1, 0.15) is 71.1 Å². The minimum Gasteiger partial charge on any atom is -0.776 e. The van der Waals surface area contributed by atoms with Crippen LogP contribution < -0.4 is 15.5 Å². The summed E-state index contributed by atoms with van der Waals surface area (Å²) in [6.07, 6.45) is 12.5. The van der Waals surface area contributed by atoms with Crippen molar-refractivity contribution in [2.75, 3.05) is 6.54 Å². The lowest BCUT2D eigenvalue weighted by atomic mass is 10.1. The minimum absolute atomic E-state index is 0.480. The fourth-order valence-electron chi connectivity index (χ4n) is 1.85. The van der Waals surface area contributed by atoms with Crippen LogP contribution in [0, 0.1) is 0 Å². The molecule has 0 spiro atoms. The summed E-state index contributed by atoms with van der Waals surface area (Å²) in [5.74, 6) is 0. The third kappa shape index (κ3) is 16.1. The third-order valence-electron chi connectivity index (χ3n) is 2.86. The lowest BCUT2D eigenvalue weighted by Crippen LogP contribution is -2.25. The maximum Gasteiger partial charge on any atom is 0.140 e. The highest BCUT2D eigenvalue weighted by Gasteiger charge is 1.97. The predicted molar refractivity (Wildman–Crippen MR) is 71.6 cm³/mol. The fraction of sp³-hybridized carbons (Fsp3) is 1.00. The summed E-state index contributed by atoms with van der Waals surface area (Å²) in [4.78, 5) is 10.6. The number of hydrogen-bond donors (Lipinski definition) is 2. The SMILES string of the molecule is CCCCCCCCCCCCNP(N)(=O)[O-]. The highest BCUT2D eigenvalue weighted by atomic mass is 31.2. The molecule has 0 rings (SSSR count). The van der Waals surface area contributed by atoms with Gasteiger partial charge >= 0.3 is 0 Å². The number of hydrogen-bond acceptors (Lipinski definition) is 2. The molecular formula is C12H28N2O2P-. The van der Waals surface area contributed by atoms with E-state index in [9.17, 15) is 9.46 Å². The van der Waals surface area contributed by atoms with Crippen molar-refractivity contribution < 1.29 is 9.46 Å². The minimum atomic E-state index is -3.74. The summed E-state index contributed by atoms with van der Waals surface area (Å²) in [5.41, 5.74) is 4.84. The second kappa shape index (κ2) is 11.2. The van der Waals surface area contributed by atoms with E-state index in [0.29, 0.717) is 6.54 Å². The van der Waals surface area contributed by atoms with Gasteiger partial charge in [0.15, 0.2) is 0 Å². The molecule has 0 radical (unpaired) electrons. The molecule has 4 nitrogen and oxygen atoms in total. The largest absolute Gasteiger partial charge is 0.776 e. The van der Waals surface area contributed by atoms with Crippen LogP contribution in [-0.2, 0) is 4.57 Å². The van der Waals surface area contributed by atoms with E-state index in [1.807, 2.05) is 0 Å². The van der Waals surface area contributed by atoms with Crippen LogP contribution in [0.2, 0.25) is 0 Å². The Kier molecular flexibility index (Phi) is 11.3. The molecule has 0 aliphatic heterocycles. The maximum atomic E-state index is 10.6. The Morgan fingerprint density at radius 3 is 1.76 bits per heavy atom. The predicted octanol–water partition coefficient (Wildman–Crippen LogP) is 2.92. The van der Waals surface area contributed by atoms with Gasteiger partial charge in [-0.2, -0.15) is 0 Å². The van der Waals surface area contributed by atoms with Gasteiger partial charge in [-0.1, -0.05) is 64.7 Å². The monoisotopic (exact) mass is 263 g/mol. The van der Waals surface area contributed by atoms with Crippen LogP contribution in [0.4, 0.5) is 0 Å². The van der Waals surface area contributed by atoms with Crippen LogP contribution >= 0.6 is 7.67 Å². The van der Waals surface area contributed by atoms with Gasteiger partial charge in [-0.25, -0.2) is 0 Å². The molecule has 0 aliphatic rings. The zero-order chi connectivity index (χ0) is 13.0. The lowest BCUT2D eigenvalue weighted by Gasteiger charge is -2.18. The molecule has 0 aromatic rings. The van der Waals surface area contributed by atoms with E-state index < -0.39 is 7.67 Å². The van der Waals surface area contributed by atoms with Crippen molar-refractivity contribution in [3.05, 3.63) is 0 Å². The van der Waals surface area contributed by atoms with Crippen molar-refractivity contribution in [1.82, 2.24) is 5.09 Å². The van der Waals surface area contributed by atoms with Gasteiger partial charge in [0.05, 0.1) is 0 Å². The molecule has 1 unspecified atom stereocenters. The zero-order valence-corrected chi connectivity index (χ0v) is 12.0. The van der Waals surface area contributed by atoms with E-state index in [4.69, 9.17) is 5.50 Å². The number of unbranched alkanes of at least 4 members (excludes halogenated alkanes) is 9. The maximum absolute atomic E-state index is 10.6. The van der Waals surface area contributed by atoms with E-state index in [1.165, 1.54) is 51.4 Å². The zero-order valence-electron chi connectivity index (χ0n) is 11.1. The highest BCUT2D eigenvalue weighted by molar-refractivity contribution is 7.51. The van der Waals surface area contributed by atoms with E-state index in [2.05, 4.69) is 12.0 Å². The number of rotatable bonds is 12. The van der Waals surface area contributed by atoms with Gasteiger partial charge < -0.3 is 9.46 Å². The summed E-state index contributed by atoms with van der Waals surface area (Å²) in [7, 11) is -3.74. The van der Waals surface area contributed by atoms with Gasteiger partial charge in [0.1, 0.15) is 7.67 Å². The first-order valence-electron chi connectivity index (χ1n) is 6.91. The lowest BCUT2D eigenvalue weighted by molar-refractivity contribution is -0.178. The van der Waals surface area contributed by atoms with Crippen LogP contribution in [0.3, 0.4) is 0 Å². The topological polar surface area (TPSA) is 78.2 Å². The van der Waals surface area contributed by atoms with Crippen molar-refractivity contribution in [1.29, 1.82) is 0 Å². The van der Waals surface area contributed by atoms with Gasteiger partial charge in [0.25, 0.3) is 0 Å². The van der Waals surface area contributed by atoms with Gasteiger partial charge in [-0.3, -0.25) is 10.6 Å². The van der Waals surface area contributed by atoms with Gasteiger partial charge in [0.2, 0.25) is 0 Å². The van der Waals surface area contributed by atoms with E-state index >= 15 is 0 Å². The first kappa shape index (κ1) is 17.1. The molecule has 0 fully saturated rings. The summed E-state index contributed by atoms with van der Waals surface area (Å²) in [6, 6.07) is 0. The fourth-order valence-corrected chi connectivity index (χ4v) is 2.32. The molecule has 1 atom stereocenters. The van der Waals surface area contributed by atoms with E-state index in [1.54, 1.807) is 0 Å². The molecule has 0 aromatic carbocycles. The van der Waals surface area contributed by atoms with Crippen LogP contribution in [0.25, 0.3) is 0 Å². The Morgan fingerprint density at radius 2 is 1.35 bits per heavy atom. The molecule has 5 heteroatoms.